The molecule has 0 radical (unpaired) electrons. The maximum atomic E-state index is 13.6. The van der Waals surface area contributed by atoms with E-state index in [4.69, 9.17) is 11.6 Å². The first-order valence-electron chi connectivity index (χ1n) is 5.69. The third kappa shape index (κ3) is 3.16. The molecule has 7 heteroatoms. The van der Waals surface area contributed by atoms with Crippen molar-refractivity contribution in [1.82, 2.24) is 0 Å². The van der Waals surface area contributed by atoms with Gasteiger partial charge in [-0.1, -0.05) is 11.6 Å². The van der Waals surface area contributed by atoms with Crippen LogP contribution in [-0.2, 0) is 0 Å². The van der Waals surface area contributed by atoms with E-state index in [2.05, 4.69) is 10.6 Å². The third-order valence-electron chi connectivity index (χ3n) is 2.62. The standard InChI is InChI=1S/C13H11ClFN3O2/c1-16-9-5-10(7-11(6-9)18(19)20)17-13-4-8(14)2-3-12(13)15/h2-7,16-17H,1H3. The van der Waals surface area contributed by atoms with E-state index in [1.165, 1.54) is 30.3 Å². The maximum Gasteiger partial charge on any atom is 0.273 e. The summed E-state index contributed by atoms with van der Waals surface area (Å²) in [6.45, 7) is 0. The minimum atomic E-state index is -0.514. The van der Waals surface area contributed by atoms with E-state index in [1.807, 2.05) is 0 Å². The van der Waals surface area contributed by atoms with Crippen molar-refractivity contribution in [3.8, 4) is 0 Å². The van der Waals surface area contributed by atoms with Crippen molar-refractivity contribution in [2.45, 2.75) is 0 Å². The Morgan fingerprint density at radius 1 is 1.20 bits per heavy atom. The molecule has 20 heavy (non-hydrogen) atoms. The van der Waals surface area contributed by atoms with Gasteiger partial charge in [-0.25, -0.2) is 4.39 Å². The van der Waals surface area contributed by atoms with Crippen molar-refractivity contribution in [3.63, 3.8) is 0 Å². The maximum absolute atomic E-state index is 13.6. The molecule has 2 aromatic rings. The van der Waals surface area contributed by atoms with E-state index >= 15 is 0 Å². The van der Waals surface area contributed by atoms with Crippen molar-refractivity contribution in [2.75, 3.05) is 17.7 Å². The average Bonchev–Trinajstić information content (AvgIpc) is 2.42. The van der Waals surface area contributed by atoms with E-state index in [0.717, 1.165) is 0 Å². The summed E-state index contributed by atoms with van der Waals surface area (Å²) in [6.07, 6.45) is 0. The number of anilines is 3. The van der Waals surface area contributed by atoms with E-state index in [1.54, 1.807) is 13.1 Å². The van der Waals surface area contributed by atoms with Crippen LogP contribution in [0.3, 0.4) is 0 Å². The Bertz CT molecular complexity index is 664. The summed E-state index contributed by atoms with van der Waals surface area (Å²) in [5.74, 6) is -0.494. The lowest BCUT2D eigenvalue weighted by molar-refractivity contribution is -0.384. The smallest absolute Gasteiger partial charge is 0.273 e. The van der Waals surface area contributed by atoms with E-state index in [0.29, 0.717) is 16.4 Å². The highest BCUT2D eigenvalue weighted by atomic mass is 35.5. The second-order valence-electron chi connectivity index (χ2n) is 4.02. The summed E-state index contributed by atoms with van der Waals surface area (Å²) in [5.41, 5.74) is 0.996. The number of hydrogen-bond acceptors (Lipinski definition) is 4. The van der Waals surface area contributed by atoms with Gasteiger partial charge in [0.25, 0.3) is 5.69 Å². The van der Waals surface area contributed by atoms with Crippen LogP contribution < -0.4 is 10.6 Å². The van der Waals surface area contributed by atoms with Gasteiger partial charge in [0.1, 0.15) is 5.82 Å². The molecule has 5 nitrogen and oxygen atoms in total. The number of nitrogens with zero attached hydrogens (tertiary/aromatic N) is 1. The van der Waals surface area contributed by atoms with E-state index in [9.17, 15) is 14.5 Å². The van der Waals surface area contributed by atoms with Crippen LogP contribution >= 0.6 is 11.6 Å². The van der Waals surface area contributed by atoms with Crippen LogP contribution in [0.5, 0.6) is 0 Å². The number of nitro groups is 1. The second kappa shape index (κ2) is 5.75. The molecule has 2 rings (SSSR count). The predicted octanol–water partition coefficient (Wildman–Crippen LogP) is 4.17. The highest BCUT2D eigenvalue weighted by Gasteiger charge is 2.11. The van der Waals surface area contributed by atoms with Gasteiger partial charge in [0, 0.05) is 35.6 Å². The Kier molecular flexibility index (Phi) is 4.05. The van der Waals surface area contributed by atoms with Gasteiger partial charge in [0.05, 0.1) is 10.6 Å². The fourth-order valence-electron chi connectivity index (χ4n) is 1.68. The number of non-ortho nitro benzene ring substituents is 1. The molecule has 0 aliphatic carbocycles. The largest absolute Gasteiger partial charge is 0.388 e. The van der Waals surface area contributed by atoms with Crippen LogP contribution in [0.25, 0.3) is 0 Å². The molecule has 0 saturated carbocycles. The molecule has 0 unspecified atom stereocenters. The molecule has 0 saturated heterocycles. The van der Waals surface area contributed by atoms with Crippen molar-refractivity contribution in [2.24, 2.45) is 0 Å². The van der Waals surface area contributed by atoms with E-state index < -0.39 is 10.7 Å². The minimum absolute atomic E-state index is 0.0956. The number of halogens is 2. The van der Waals surface area contributed by atoms with Crippen LogP contribution in [-0.4, -0.2) is 12.0 Å². The molecule has 0 bridgehead atoms. The Hall–Kier alpha value is -2.34. The predicted molar refractivity (Wildman–Crippen MR) is 77.3 cm³/mol. The summed E-state index contributed by atoms with van der Waals surface area (Å²) in [7, 11) is 1.64. The van der Waals surface area contributed by atoms with Crippen LogP contribution in [0, 0.1) is 15.9 Å². The summed E-state index contributed by atoms with van der Waals surface area (Å²) < 4.78 is 13.6. The zero-order valence-electron chi connectivity index (χ0n) is 10.5. The SMILES string of the molecule is CNc1cc(Nc2cc(Cl)ccc2F)cc([N+](=O)[O-])c1. The highest BCUT2D eigenvalue weighted by molar-refractivity contribution is 6.30. The number of nitrogens with one attached hydrogen (secondary N) is 2. The fourth-order valence-corrected chi connectivity index (χ4v) is 1.85. The number of benzene rings is 2. The number of rotatable bonds is 4. The van der Waals surface area contributed by atoms with Crippen molar-refractivity contribution >= 4 is 34.4 Å². The van der Waals surface area contributed by atoms with E-state index in [-0.39, 0.29) is 11.4 Å². The molecular formula is C13H11ClFN3O2. The Morgan fingerprint density at radius 3 is 2.55 bits per heavy atom. The quantitative estimate of drug-likeness (QED) is 0.656. The summed E-state index contributed by atoms with van der Waals surface area (Å²) in [5, 5.41) is 16.8. The molecule has 0 amide bonds. The molecule has 0 fully saturated rings. The summed E-state index contributed by atoms with van der Waals surface area (Å²) in [4.78, 5) is 10.3. The van der Waals surface area contributed by atoms with Gasteiger partial charge in [0.2, 0.25) is 0 Å². The van der Waals surface area contributed by atoms with Gasteiger partial charge in [-0.15, -0.1) is 0 Å². The van der Waals surface area contributed by atoms with Gasteiger partial charge in [0.15, 0.2) is 0 Å². The first kappa shape index (κ1) is 14.1. The third-order valence-corrected chi connectivity index (χ3v) is 2.86. The van der Waals surface area contributed by atoms with Crippen molar-refractivity contribution < 1.29 is 9.31 Å². The lowest BCUT2D eigenvalue weighted by Crippen LogP contribution is -1.98. The van der Waals surface area contributed by atoms with Crippen LogP contribution in [0.4, 0.5) is 27.1 Å². The summed E-state index contributed by atoms with van der Waals surface area (Å²) >= 11 is 5.80. The Balaban J connectivity index is 2.39. The Labute approximate surface area is 119 Å². The monoisotopic (exact) mass is 295 g/mol. The van der Waals surface area contributed by atoms with Crippen molar-refractivity contribution in [1.29, 1.82) is 0 Å². The summed E-state index contributed by atoms with van der Waals surface area (Å²) in [6, 6.07) is 8.40. The second-order valence-corrected chi connectivity index (χ2v) is 4.46. The molecule has 0 atom stereocenters. The van der Waals surface area contributed by atoms with Gasteiger partial charge >= 0.3 is 0 Å². The number of hydrogen-bond donors (Lipinski definition) is 2. The zero-order chi connectivity index (χ0) is 14.7. The van der Waals surface area contributed by atoms with Gasteiger partial charge < -0.3 is 10.6 Å². The normalized spacial score (nSPS) is 10.2. The molecule has 0 aromatic heterocycles. The first-order valence-corrected chi connectivity index (χ1v) is 6.06. The lowest BCUT2D eigenvalue weighted by atomic mass is 10.2. The molecule has 0 aliphatic rings. The van der Waals surface area contributed by atoms with Gasteiger partial charge in [-0.3, -0.25) is 10.1 Å². The van der Waals surface area contributed by atoms with Gasteiger partial charge in [-0.05, 0) is 24.3 Å². The fraction of sp³-hybridized carbons (Fsp3) is 0.0769. The lowest BCUT2D eigenvalue weighted by Gasteiger charge is -2.10. The van der Waals surface area contributed by atoms with Crippen LogP contribution in [0.15, 0.2) is 36.4 Å². The molecule has 2 aromatic carbocycles. The van der Waals surface area contributed by atoms with Crippen LogP contribution in [0.2, 0.25) is 5.02 Å². The topological polar surface area (TPSA) is 67.2 Å². The van der Waals surface area contributed by atoms with Crippen LogP contribution in [0.1, 0.15) is 0 Å². The molecular weight excluding hydrogens is 285 g/mol. The average molecular weight is 296 g/mol. The minimum Gasteiger partial charge on any atom is -0.388 e. The molecule has 0 heterocycles. The number of nitro benzene ring substituents is 1. The highest BCUT2D eigenvalue weighted by Crippen LogP contribution is 2.28. The molecule has 2 N–H and O–H groups in total. The molecule has 0 spiro atoms. The Morgan fingerprint density at radius 2 is 1.90 bits per heavy atom. The first-order chi connectivity index (χ1) is 9.49. The molecule has 0 aliphatic heterocycles. The zero-order valence-corrected chi connectivity index (χ0v) is 11.2. The van der Waals surface area contributed by atoms with Gasteiger partial charge in [-0.2, -0.15) is 0 Å². The molecule has 104 valence electrons. The van der Waals surface area contributed by atoms with Crippen molar-refractivity contribution in [3.05, 3.63) is 57.4 Å².